The van der Waals surface area contributed by atoms with E-state index in [0.29, 0.717) is 22.3 Å². The molecule has 0 saturated carbocycles. The van der Waals surface area contributed by atoms with E-state index in [1.54, 1.807) is 12.1 Å². The van der Waals surface area contributed by atoms with E-state index >= 15 is 0 Å². The summed E-state index contributed by atoms with van der Waals surface area (Å²) in [7, 11) is 0. The lowest BCUT2D eigenvalue weighted by Crippen LogP contribution is -2.16. The van der Waals surface area contributed by atoms with E-state index in [1.165, 1.54) is 36.7 Å². The van der Waals surface area contributed by atoms with Gasteiger partial charge in [-0.2, -0.15) is 18.4 Å². The Morgan fingerprint density at radius 2 is 1.87 bits per heavy atom. The Morgan fingerprint density at radius 1 is 1.20 bits per heavy atom. The molecular formula is C19H11ClF3N5OS. The van der Waals surface area contributed by atoms with Crippen LogP contribution in [0.25, 0.3) is 11.3 Å². The van der Waals surface area contributed by atoms with Gasteiger partial charge in [0.05, 0.1) is 22.6 Å². The third-order valence-electron chi connectivity index (χ3n) is 3.70. The van der Waals surface area contributed by atoms with Crippen LogP contribution < -0.4 is 5.32 Å². The molecule has 11 heteroatoms. The standard InChI is InChI=1S/C19H11ClF3N5OS/c20-12-4-2-11(3-5-12)15-8-14(19(21,22)23)13(9-24)17(27-15)30-10-16(29)28-18-25-6-1-7-26-18/h1-8H,10H2,(H,25,26,28,29). The van der Waals surface area contributed by atoms with E-state index in [1.807, 2.05) is 0 Å². The number of thioether (sulfide) groups is 1. The highest BCUT2D eigenvalue weighted by atomic mass is 35.5. The van der Waals surface area contributed by atoms with Crippen molar-refractivity contribution in [3.8, 4) is 17.3 Å². The SMILES string of the molecule is N#Cc1c(C(F)(F)F)cc(-c2ccc(Cl)cc2)nc1SCC(=O)Nc1ncccn1. The summed E-state index contributed by atoms with van der Waals surface area (Å²) in [4.78, 5) is 24.0. The van der Waals surface area contributed by atoms with Gasteiger partial charge in [-0.25, -0.2) is 15.0 Å². The summed E-state index contributed by atoms with van der Waals surface area (Å²) in [5.41, 5.74) is -1.38. The highest BCUT2D eigenvalue weighted by molar-refractivity contribution is 8.00. The second-order valence-corrected chi connectivity index (χ2v) is 7.16. The first-order valence-corrected chi connectivity index (χ1v) is 9.62. The fourth-order valence-electron chi connectivity index (χ4n) is 2.38. The number of amides is 1. The molecule has 152 valence electrons. The fourth-order valence-corrected chi connectivity index (χ4v) is 3.31. The summed E-state index contributed by atoms with van der Waals surface area (Å²) in [6.07, 6.45) is -1.92. The summed E-state index contributed by atoms with van der Waals surface area (Å²) >= 11 is 6.54. The van der Waals surface area contributed by atoms with Crippen LogP contribution >= 0.6 is 23.4 Å². The molecule has 2 heterocycles. The molecule has 3 rings (SSSR count). The van der Waals surface area contributed by atoms with Crippen molar-refractivity contribution in [2.45, 2.75) is 11.2 Å². The zero-order chi connectivity index (χ0) is 21.7. The number of nitriles is 1. The van der Waals surface area contributed by atoms with E-state index < -0.39 is 23.2 Å². The van der Waals surface area contributed by atoms with Crippen LogP contribution in [0, 0.1) is 11.3 Å². The molecule has 30 heavy (non-hydrogen) atoms. The Hall–Kier alpha value is -3.16. The van der Waals surface area contributed by atoms with Crippen LogP contribution in [-0.4, -0.2) is 26.6 Å². The number of pyridine rings is 1. The predicted octanol–water partition coefficient (Wildman–Crippen LogP) is 4.81. The van der Waals surface area contributed by atoms with Crippen LogP contribution in [0.1, 0.15) is 11.1 Å². The maximum absolute atomic E-state index is 13.6. The minimum atomic E-state index is -4.77. The van der Waals surface area contributed by atoms with Crippen LogP contribution in [0.15, 0.2) is 53.8 Å². The summed E-state index contributed by atoms with van der Waals surface area (Å²) in [5.74, 6) is -0.786. The molecule has 0 unspecified atom stereocenters. The zero-order valence-electron chi connectivity index (χ0n) is 14.9. The van der Waals surface area contributed by atoms with Gasteiger partial charge >= 0.3 is 6.18 Å². The van der Waals surface area contributed by atoms with Crippen molar-refractivity contribution in [1.29, 1.82) is 5.26 Å². The maximum atomic E-state index is 13.6. The number of halogens is 4. The maximum Gasteiger partial charge on any atom is 0.417 e. The van der Waals surface area contributed by atoms with Crippen LogP contribution in [0.3, 0.4) is 0 Å². The third kappa shape index (κ3) is 5.25. The Labute approximate surface area is 178 Å². The van der Waals surface area contributed by atoms with E-state index in [4.69, 9.17) is 11.6 Å². The van der Waals surface area contributed by atoms with Crippen molar-refractivity contribution in [3.05, 3.63) is 64.9 Å². The van der Waals surface area contributed by atoms with E-state index in [0.717, 1.165) is 6.07 Å². The average Bonchev–Trinajstić information content (AvgIpc) is 2.72. The second-order valence-electron chi connectivity index (χ2n) is 5.76. The van der Waals surface area contributed by atoms with Gasteiger partial charge in [0.2, 0.25) is 11.9 Å². The largest absolute Gasteiger partial charge is 0.417 e. The highest BCUT2D eigenvalue weighted by Crippen LogP contribution is 2.38. The van der Waals surface area contributed by atoms with Gasteiger partial charge in [-0.15, -0.1) is 0 Å². The molecule has 2 aromatic heterocycles. The summed E-state index contributed by atoms with van der Waals surface area (Å²) in [5, 5.41) is 11.9. The Balaban J connectivity index is 1.93. The second kappa shape index (κ2) is 9.11. The summed E-state index contributed by atoms with van der Waals surface area (Å²) in [6, 6.07) is 10.00. The van der Waals surface area contributed by atoms with Gasteiger partial charge in [-0.05, 0) is 24.3 Å². The van der Waals surface area contributed by atoms with Crippen molar-refractivity contribution < 1.29 is 18.0 Å². The number of alkyl halides is 3. The molecule has 0 radical (unpaired) electrons. The van der Waals surface area contributed by atoms with E-state index in [9.17, 15) is 23.2 Å². The minimum absolute atomic E-state index is 0.00675. The van der Waals surface area contributed by atoms with Gasteiger partial charge in [-0.1, -0.05) is 35.5 Å². The minimum Gasteiger partial charge on any atom is -0.294 e. The van der Waals surface area contributed by atoms with Crippen molar-refractivity contribution in [1.82, 2.24) is 15.0 Å². The molecule has 0 atom stereocenters. The van der Waals surface area contributed by atoms with Crippen LogP contribution in [0.2, 0.25) is 5.02 Å². The summed E-state index contributed by atoms with van der Waals surface area (Å²) in [6.45, 7) is 0. The van der Waals surface area contributed by atoms with Gasteiger partial charge in [0.1, 0.15) is 11.1 Å². The van der Waals surface area contributed by atoms with Crippen molar-refractivity contribution >= 4 is 35.2 Å². The molecule has 1 amide bonds. The molecule has 0 aliphatic heterocycles. The lowest BCUT2D eigenvalue weighted by atomic mass is 10.1. The smallest absolute Gasteiger partial charge is 0.294 e. The van der Waals surface area contributed by atoms with Crippen molar-refractivity contribution in [3.63, 3.8) is 0 Å². The number of carbonyl (C=O) groups is 1. The van der Waals surface area contributed by atoms with Gasteiger partial charge in [0.15, 0.2) is 0 Å². The molecule has 0 spiro atoms. The monoisotopic (exact) mass is 449 g/mol. The fraction of sp³-hybridized carbons (Fsp3) is 0.105. The number of nitrogens with zero attached hydrogens (tertiary/aromatic N) is 4. The first-order chi connectivity index (χ1) is 14.3. The number of benzene rings is 1. The number of aromatic nitrogens is 3. The molecule has 0 bridgehead atoms. The van der Waals surface area contributed by atoms with Gasteiger partial charge in [-0.3, -0.25) is 10.1 Å². The highest BCUT2D eigenvalue weighted by Gasteiger charge is 2.36. The molecule has 0 fully saturated rings. The van der Waals surface area contributed by atoms with Gasteiger partial charge in [0.25, 0.3) is 0 Å². The Bertz CT molecular complexity index is 1100. The number of hydrogen-bond donors (Lipinski definition) is 1. The zero-order valence-corrected chi connectivity index (χ0v) is 16.5. The molecule has 0 aliphatic carbocycles. The Kier molecular flexibility index (Phi) is 6.54. The molecular weight excluding hydrogens is 439 g/mol. The van der Waals surface area contributed by atoms with Gasteiger partial charge in [0, 0.05) is 23.0 Å². The number of nitrogens with one attached hydrogen (secondary N) is 1. The van der Waals surface area contributed by atoms with Crippen LogP contribution in [0.5, 0.6) is 0 Å². The lowest BCUT2D eigenvalue weighted by molar-refractivity contribution is -0.138. The average molecular weight is 450 g/mol. The first-order valence-electron chi connectivity index (χ1n) is 8.26. The quantitative estimate of drug-likeness (QED) is 0.562. The molecule has 1 aromatic carbocycles. The van der Waals surface area contributed by atoms with Crippen molar-refractivity contribution in [2.75, 3.05) is 11.1 Å². The molecule has 6 nitrogen and oxygen atoms in total. The van der Waals surface area contributed by atoms with Crippen molar-refractivity contribution in [2.24, 2.45) is 0 Å². The first kappa shape index (κ1) is 21.5. The van der Waals surface area contributed by atoms with E-state index in [2.05, 4.69) is 20.3 Å². The molecule has 3 aromatic rings. The van der Waals surface area contributed by atoms with Crippen LogP contribution in [0.4, 0.5) is 19.1 Å². The van der Waals surface area contributed by atoms with Gasteiger partial charge < -0.3 is 0 Å². The van der Waals surface area contributed by atoms with Crippen LogP contribution in [-0.2, 0) is 11.0 Å². The number of anilines is 1. The number of rotatable bonds is 5. The topological polar surface area (TPSA) is 91.6 Å². The Morgan fingerprint density at radius 3 is 2.47 bits per heavy atom. The molecule has 0 aliphatic rings. The normalized spacial score (nSPS) is 11.0. The van der Waals surface area contributed by atoms with E-state index in [-0.39, 0.29) is 22.4 Å². The number of hydrogen-bond acceptors (Lipinski definition) is 6. The third-order valence-corrected chi connectivity index (χ3v) is 4.93. The number of carbonyl (C=O) groups excluding carboxylic acids is 1. The summed E-state index contributed by atoms with van der Waals surface area (Å²) < 4.78 is 40.7. The predicted molar refractivity (Wildman–Crippen MR) is 106 cm³/mol. The molecule has 0 saturated heterocycles. The molecule has 1 N–H and O–H groups in total. The lowest BCUT2D eigenvalue weighted by Gasteiger charge is -2.14.